The molecule has 5 aliphatic carbocycles. The van der Waals surface area contributed by atoms with Gasteiger partial charge in [-0.05, 0) is 92.8 Å². The Hall–Kier alpha value is -1.21. The van der Waals surface area contributed by atoms with Gasteiger partial charge in [0.05, 0.1) is 57.5 Å². The quantitative estimate of drug-likeness (QED) is 0.0688. The molecule has 10 fully saturated rings. The lowest BCUT2D eigenvalue weighted by molar-refractivity contribution is -0.393. The molecule has 0 amide bonds. The van der Waals surface area contributed by atoms with Crippen LogP contribution in [0.15, 0.2) is 0 Å². The molecule has 0 radical (unpaired) electrons. The molecule has 5 saturated heterocycles. The van der Waals surface area contributed by atoms with E-state index in [1.807, 2.05) is 13.8 Å². The van der Waals surface area contributed by atoms with E-state index in [0.29, 0.717) is 38.7 Å². The van der Waals surface area contributed by atoms with Crippen LogP contribution in [0.3, 0.4) is 0 Å². The minimum Gasteiger partial charge on any atom is -0.396 e. The van der Waals surface area contributed by atoms with Gasteiger partial charge in [0.15, 0.2) is 25.2 Å². The van der Waals surface area contributed by atoms with Crippen molar-refractivity contribution in [3.8, 4) is 0 Å². The number of ether oxygens (including phenoxy) is 9. The molecule has 10 rings (SSSR count). The highest BCUT2D eigenvalue weighted by Crippen LogP contribution is 2.80. The Morgan fingerprint density at radius 1 is 0.560 bits per heavy atom. The lowest BCUT2D eigenvalue weighted by atomic mass is 9.30. The van der Waals surface area contributed by atoms with Gasteiger partial charge in [0.1, 0.15) is 91.7 Å². The number of aldehydes is 1. The second kappa shape index (κ2) is 20.3. The van der Waals surface area contributed by atoms with Gasteiger partial charge in [-0.1, -0.05) is 34.6 Å². The summed E-state index contributed by atoms with van der Waals surface area (Å²) in [4.78, 5) is 12.6. The van der Waals surface area contributed by atoms with E-state index in [9.17, 15) is 71.2 Å². The molecule has 5 saturated carbocycles. The fourth-order valence-electron chi connectivity index (χ4n) is 17.4. The van der Waals surface area contributed by atoms with Gasteiger partial charge in [-0.15, -0.1) is 0 Å². The number of carbonyl (C=O) groups is 1. The molecule has 0 aromatic carbocycles. The molecule has 75 heavy (non-hydrogen) atoms. The van der Waals surface area contributed by atoms with Crippen LogP contribution in [0.5, 0.6) is 0 Å². The van der Waals surface area contributed by atoms with E-state index < -0.39 is 171 Å². The lowest BCUT2D eigenvalue weighted by Crippen LogP contribution is -2.74. The van der Waals surface area contributed by atoms with Crippen LogP contribution >= 0.6 is 0 Å². The third-order valence-electron chi connectivity index (χ3n) is 22.1. The summed E-state index contributed by atoms with van der Waals surface area (Å²) in [6, 6.07) is 0. The third-order valence-corrected chi connectivity index (χ3v) is 22.1. The fraction of sp³-hybridized carbons (Fsp3) is 0.981. The van der Waals surface area contributed by atoms with Crippen molar-refractivity contribution >= 4 is 6.29 Å². The van der Waals surface area contributed by atoms with E-state index in [1.54, 1.807) is 0 Å². The van der Waals surface area contributed by atoms with E-state index in [-0.39, 0.29) is 40.6 Å². The lowest BCUT2D eigenvalue weighted by Gasteiger charge is -2.75. The standard InChI is InChI=1S/C52H84O23/c1-46(20-55)12-13-51-22-69-52(29(51)14-46)11-7-28-47(2)9-8-31(48(3,21-56)27(47)6-10-49(28,4)50(52,5)15-30(51)58)73-44-40(75-43-39(66)36(63)33(60)24(16-53)70-43)35(62)26(19-68-44)72-45-41(37(64)34(61)25(17-54)71-45)74-42-38(65)32(59)23(57)18-67-42/h20,23-45,53-54,56-66H,6-19,21-22H2,1-5H3/t23-,24-,25-,26+,27-,28-,29-,30-,31+,32+,33-,34-,35+,36+,37+,38-,39-,40-,41-,42+,43+,44+,45+,46+,47+,48+,49-,50+,51-,52+/m1/s1. The highest BCUT2D eigenvalue weighted by atomic mass is 16.8. The summed E-state index contributed by atoms with van der Waals surface area (Å²) in [6.07, 6.45) is -23.9. The van der Waals surface area contributed by atoms with Gasteiger partial charge in [-0.2, -0.15) is 0 Å². The maximum absolute atomic E-state index is 12.6. The van der Waals surface area contributed by atoms with Crippen LogP contribution in [-0.2, 0) is 47.4 Å². The van der Waals surface area contributed by atoms with Gasteiger partial charge < -0.3 is 114 Å². The zero-order chi connectivity index (χ0) is 54.2. The van der Waals surface area contributed by atoms with Crippen molar-refractivity contribution < 1.29 is 114 Å². The zero-order valence-corrected chi connectivity index (χ0v) is 43.6. The summed E-state index contributed by atoms with van der Waals surface area (Å²) < 4.78 is 55.6. The van der Waals surface area contributed by atoms with Crippen LogP contribution in [0.25, 0.3) is 0 Å². The Bertz CT molecular complexity index is 2040. The maximum Gasteiger partial charge on any atom is 0.187 e. The summed E-state index contributed by atoms with van der Waals surface area (Å²) in [7, 11) is 0. The largest absolute Gasteiger partial charge is 0.396 e. The number of aliphatic hydroxyl groups is 13. The predicted molar refractivity (Wildman–Crippen MR) is 252 cm³/mol. The van der Waals surface area contributed by atoms with Crippen LogP contribution in [0.1, 0.15) is 98.8 Å². The Morgan fingerprint density at radius 3 is 1.87 bits per heavy atom. The Morgan fingerprint density at radius 2 is 1.19 bits per heavy atom. The molecule has 0 aromatic heterocycles. The SMILES string of the molecule is C[C@]1(C=O)CC[C@]23CO[C@@]4(CC[C@@H]5[C@@]6(C)CC[C@H](O[C@@H]7OC[C@H](O[C@@H]8O[C@H](CO)[C@@H](O)[C@H](O)[C@H]8O[C@@H]8OC[C@@H](O)[C@H](O)[C@H]8O)[C@H](O)[C@H]7O[C@@H]7O[C@H](CO)[C@@H](O)[C@H](O)[C@H]7O)[C@@](C)(CO)[C@@H]6CC[C@@]5(C)[C@]4(C)C[C@H]2O)[C@@H]3C1. The van der Waals surface area contributed by atoms with Crippen LogP contribution in [0.2, 0.25) is 0 Å². The van der Waals surface area contributed by atoms with Crippen molar-refractivity contribution in [1.29, 1.82) is 0 Å². The van der Waals surface area contributed by atoms with Gasteiger partial charge in [-0.25, -0.2) is 0 Å². The van der Waals surface area contributed by atoms with Crippen molar-refractivity contribution in [3.63, 3.8) is 0 Å². The number of hydrogen-bond acceptors (Lipinski definition) is 23. The molecule has 1 spiro atoms. The van der Waals surface area contributed by atoms with Crippen LogP contribution in [0, 0.1) is 50.2 Å². The van der Waals surface area contributed by atoms with E-state index in [0.717, 1.165) is 38.4 Å². The highest BCUT2D eigenvalue weighted by Gasteiger charge is 2.80. The molecule has 23 heteroatoms. The summed E-state index contributed by atoms with van der Waals surface area (Å²) >= 11 is 0. The van der Waals surface area contributed by atoms with Crippen molar-refractivity contribution in [3.05, 3.63) is 0 Å². The summed E-state index contributed by atoms with van der Waals surface area (Å²) in [5, 5.41) is 142. The van der Waals surface area contributed by atoms with Gasteiger partial charge in [0, 0.05) is 21.7 Å². The number of rotatable bonds is 12. The average Bonchev–Trinajstić information content (AvgIpc) is 3.87. The number of fused-ring (bicyclic) bond motifs is 4. The van der Waals surface area contributed by atoms with E-state index in [1.165, 1.54) is 0 Å². The molecular formula is C52H84O23. The topological polar surface area (TPSA) is 363 Å². The van der Waals surface area contributed by atoms with E-state index >= 15 is 0 Å². The predicted octanol–water partition coefficient (Wildman–Crippen LogP) is -2.92. The maximum atomic E-state index is 12.6. The van der Waals surface area contributed by atoms with E-state index in [2.05, 4.69) is 20.8 Å². The normalized spacial score (nSPS) is 58.8. The number of aliphatic hydroxyl groups excluding tert-OH is 13. The summed E-state index contributed by atoms with van der Waals surface area (Å²) in [5.74, 6) is 0.0694. The molecule has 23 nitrogen and oxygen atoms in total. The average molecular weight is 1080 g/mol. The Labute approximate surface area is 436 Å². The molecule has 10 aliphatic rings. The molecule has 13 N–H and O–H groups in total. The molecule has 430 valence electrons. The van der Waals surface area contributed by atoms with Crippen molar-refractivity contribution in [2.24, 2.45) is 50.2 Å². The molecule has 2 bridgehead atoms. The summed E-state index contributed by atoms with van der Waals surface area (Å²) in [5.41, 5.74) is -3.39. The molecule has 0 unspecified atom stereocenters. The molecule has 5 heterocycles. The monoisotopic (exact) mass is 1080 g/mol. The van der Waals surface area contributed by atoms with Gasteiger partial charge in [0.2, 0.25) is 0 Å². The van der Waals surface area contributed by atoms with Crippen LogP contribution in [0.4, 0.5) is 0 Å². The fourth-order valence-corrected chi connectivity index (χ4v) is 17.4. The van der Waals surface area contributed by atoms with Crippen LogP contribution < -0.4 is 0 Å². The van der Waals surface area contributed by atoms with E-state index in [4.69, 9.17) is 42.6 Å². The molecule has 30 atom stereocenters. The highest BCUT2D eigenvalue weighted by molar-refractivity contribution is 5.59. The summed E-state index contributed by atoms with van der Waals surface area (Å²) in [6.45, 7) is 8.67. The van der Waals surface area contributed by atoms with Crippen LogP contribution in [-0.4, -0.2) is 241 Å². The minimum absolute atomic E-state index is 0.0322. The van der Waals surface area contributed by atoms with Crippen molar-refractivity contribution in [2.75, 3.05) is 39.6 Å². The first-order valence-corrected chi connectivity index (χ1v) is 27.3. The number of carbonyl (C=O) groups excluding carboxylic acids is 1. The van der Waals surface area contributed by atoms with Crippen molar-refractivity contribution in [2.45, 2.75) is 227 Å². The zero-order valence-electron chi connectivity index (χ0n) is 43.6. The molecule has 5 aliphatic heterocycles. The first-order chi connectivity index (χ1) is 35.4. The Kier molecular flexibility index (Phi) is 15.5. The molecular weight excluding hydrogens is 993 g/mol. The molecule has 0 aromatic rings. The second-order valence-electron chi connectivity index (χ2n) is 25.6. The van der Waals surface area contributed by atoms with Gasteiger partial charge in [0.25, 0.3) is 0 Å². The minimum atomic E-state index is -1.93. The van der Waals surface area contributed by atoms with Gasteiger partial charge >= 0.3 is 0 Å². The number of hydrogen-bond donors (Lipinski definition) is 13. The first-order valence-electron chi connectivity index (χ1n) is 27.3. The second-order valence-corrected chi connectivity index (χ2v) is 25.6. The smallest absolute Gasteiger partial charge is 0.187 e. The van der Waals surface area contributed by atoms with Crippen molar-refractivity contribution in [1.82, 2.24) is 0 Å². The Balaban J connectivity index is 0.913. The third kappa shape index (κ3) is 8.53. The first kappa shape index (κ1) is 57.0. The van der Waals surface area contributed by atoms with Gasteiger partial charge in [-0.3, -0.25) is 0 Å².